The number of nitrogens with zero attached hydrogens (tertiary/aromatic N) is 1. The number of H-pyrrole nitrogens is 1. The summed E-state index contributed by atoms with van der Waals surface area (Å²) in [6.07, 6.45) is 1.78. The number of aromatic amines is 1. The third-order valence-corrected chi connectivity index (χ3v) is 5.28. The topological polar surface area (TPSA) is 57.8 Å². The minimum Gasteiger partial charge on any atom is -0.347 e. The summed E-state index contributed by atoms with van der Waals surface area (Å²) in [5.74, 6) is -0.0388. The molecule has 1 aliphatic rings. The molecule has 1 heterocycles. The molecule has 4 rings (SSSR count). The highest BCUT2D eigenvalue weighted by molar-refractivity contribution is 5.95. The lowest BCUT2D eigenvalue weighted by Crippen LogP contribution is -2.42. The van der Waals surface area contributed by atoms with Crippen molar-refractivity contribution < 1.29 is 4.79 Å². The number of rotatable bonds is 4. The molecule has 3 aromatic rings. The van der Waals surface area contributed by atoms with E-state index in [1.165, 1.54) is 16.7 Å². The fraction of sp³-hybridized carbons (Fsp3) is 0.273. The fourth-order valence-corrected chi connectivity index (χ4v) is 3.36. The highest BCUT2D eigenvalue weighted by Crippen LogP contribution is 2.39. The van der Waals surface area contributed by atoms with Crippen LogP contribution in [0.4, 0.5) is 0 Å². The van der Waals surface area contributed by atoms with Crippen molar-refractivity contribution in [3.8, 4) is 22.5 Å². The van der Waals surface area contributed by atoms with Gasteiger partial charge in [0.15, 0.2) is 0 Å². The maximum absolute atomic E-state index is 12.4. The summed E-state index contributed by atoms with van der Waals surface area (Å²) in [6, 6.07) is 16.1. The van der Waals surface area contributed by atoms with E-state index in [-0.39, 0.29) is 11.4 Å². The van der Waals surface area contributed by atoms with Crippen LogP contribution in [0, 0.1) is 0 Å². The molecule has 4 heteroatoms. The van der Waals surface area contributed by atoms with Crippen LogP contribution >= 0.6 is 0 Å². The van der Waals surface area contributed by atoms with E-state index in [1.807, 2.05) is 38.1 Å². The first-order chi connectivity index (χ1) is 12.5. The summed E-state index contributed by atoms with van der Waals surface area (Å²) in [5, 5.41) is 10.8. The zero-order valence-corrected chi connectivity index (χ0v) is 15.4. The van der Waals surface area contributed by atoms with Crippen molar-refractivity contribution in [3.05, 3.63) is 65.2 Å². The third kappa shape index (κ3) is 2.81. The van der Waals surface area contributed by atoms with Gasteiger partial charge in [0.25, 0.3) is 5.91 Å². The van der Waals surface area contributed by atoms with Gasteiger partial charge in [0.2, 0.25) is 0 Å². The number of hydrogen-bond donors (Lipinski definition) is 2. The maximum atomic E-state index is 12.4. The van der Waals surface area contributed by atoms with E-state index in [9.17, 15) is 4.79 Å². The van der Waals surface area contributed by atoms with Gasteiger partial charge in [0.05, 0.1) is 11.4 Å². The van der Waals surface area contributed by atoms with E-state index in [1.54, 1.807) is 0 Å². The Balaban J connectivity index is 1.60. The van der Waals surface area contributed by atoms with E-state index in [0.717, 1.165) is 29.8 Å². The van der Waals surface area contributed by atoms with E-state index in [4.69, 9.17) is 0 Å². The summed E-state index contributed by atoms with van der Waals surface area (Å²) >= 11 is 0. The molecule has 0 atom stereocenters. The second-order valence-electron chi connectivity index (χ2n) is 7.53. The van der Waals surface area contributed by atoms with Crippen molar-refractivity contribution in [2.24, 2.45) is 0 Å². The summed E-state index contributed by atoms with van der Waals surface area (Å²) in [5.41, 5.74) is 7.38. The Labute approximate surface area is 153 Å². The summed E-state index contributed by atoms with van der Waals surface area (Å²) in [4.78, 5) is 12.4. The molecule has 0 spiro atoms. The number of fused-ring (bicyclic) bond motifs is 3. The van der Waals surface area contributed by atoms with E-state index in [2.05, 4.69) is 46.7 Å². The van der Waals surface area contributed by atoms with Gasteiger partial charge >= 0.3 is 0 Å². The molecule has 1 aliphatic carbocycles. The first-order valence-electron chi connectivity index (χ1n) is 9.07. The zero-order chi connectivity index (χ0) is 18.3. The SMILES string of the molecule is CCC(C)(C)NC(=O)c1ccc(-c2n[nH]c3c2Cc2ccccc2-3)cc1. The molecule has 4 nitrogen and oxygen atoms in total. The second-order valence-corrected chi connectivity index (χ2v) is 7.53. The predicted octanol–water partition coefficient (Wildman–Crippen LogP) is 4.57. The van der Waals surface area contributed by atoms with Crippen molar-refractivity contribution >= 4 is 5.91 Å². The van der Waals surface area contributed by atoms with E-state index in [0.29, 0.717) is 5.56 Å². The van der Waals surface area contributed by atoms with Crippen molar-refractivity contribution in [1.82, 2.24) is 15.5 Å². The lowest BCUT2D eigenvalue weighted by Gasteiger charge is -2.24. The highest BCUT2D eigenvalue weighted by Gasteiger charge is 2.25. The first-order valence-corrected chi connectivity index (χ1v) is 9.07. The van der Waals surface area contributed by atoms with Crippen molar-refractivity contribution in [2.75, 3.05) is 0 Å². The van der Waals surface area contributed by atoms with Gasteiger partial charge in [-0.05, 0) is 38.0 Å². The van der Waals surface area contributed by atoms with Crippen LogP contribution in [0.2, 0.25) is 0 Å². The predicted molar refractivity (Wildman–Crippen MR) is 104 cm³/mol. The molecule has 0 unspecified atom stereocenters. The summed E-state index contributed by atoms with van der Waals surface area (Å²) < 4.78 is 0. The van der Waals surface area contributed by atoms with Crippen LogP contribution in [0.3, 0.4) is 0 Å². The van der Waals surface area contributed by atoms with Gasteiger partial charge in [-0.2, -0.15) is 5.10 Å². The van der Waals surface area contributed by atoms with Crippen molar-refractivity contribution in [3.63, 3.8) is 0 Å². The standard InChI is InChI=1S/C22H23N3O/c1-4-22(2,3)23-21(26)15-11-9-14(10-12-15)19-18-13-16-7-5-6-8-17(16)20(18)25-24-19/h5-12H,4,13H2,1-3H3,(H,23,26)(H,24,25). The number of carbonyl (C=O) groups excluding carboxylic acids is 1. The van der Waals surface area contributed by atoms with Crippen molar-refractivity contribution in [2.45, 2.75) is 39.2 Å². The Morgan fingerprint density at radius 1 is 1.15 bits per heavy atom. The van der Waals surface area contributed by atoms with Gasteiger partial charge < -0.3 is 5.32 Å². The monoisotopic (exact) mass is 345 g/mol. The van der Waals surface area contributed by atoms with E-state index >= 15 is 0 Å². The molecular weight excluding hydrogens is 322 g/mol. The first kappa shape index (κ1) is 16.6. The number of hydrogen-bond acceptors (Lipinski definition) is 2. The van der Waals surface area contributed by atoms with Crippen LogP contribution in [0.5, 0.6) is 0 Å². The molecule has 26 heavy (non-hydrogen) atoms. The van der Waals surface area contributed by atoms with Crippen LogP contribution in [-0.2, 0) is 6.42 Å². The summed E-state index contributed by atoms with van der Waals surface area (Å²) in [7, 11) is 0. The highest BCUT2D eigenvalue weighted by atomic mass is 16.1. The van der Waals surface area contributed by atoms with Crippen LogP contribution in [-0.4, -0.2) is 21.6 Å². The maximum Gasteiger partial charge on any atom is 0.251 e. The van der Waals surface area contributed by atoms with Gasteiger partial charge in [-0.15, -0.1) is 0 Å². The Morgan fingerprint density at radius 2 is 1.88 bits per heavy atom. The third-order valence-electron chi connectivity index (χ3n) is 5.28. The molecular formula is C22H23N3O. The average molecular weight is 345 g/mol. The van der Waals surface area contributed by atoms with E-state index < -0.39 is 0 Å². The number of nitrogens with one attached hydrogen (secondary N) is 2. The molecule has 1 aromatic heterocycles. The molecule has 1 amide bonds. The fourth-order valence-electron chi connectivity index (χ4n) is 3.36. The van der Waals surface area contributed by atoms with Gasteiger partial charge in [0.1, 0.15) is 0 Å². The molecule has 0 fully saturated rings. The van der Waals surface area contributed by atoms with Crippen LogP contribution < -0.4 is 5.32 Å². The molecule has 2 N–H and O–H groups in total. The van der Waals surface area contributed by atoms with Gasteiger partial charge in [-0.3, -0.25) is 9.89 Å². The number of amides is 1. The second kappa shape index (κ2) is 6.13. The molecule has 0 saturated heterocycles. The Morgan fingerprint density at radius 3 is 2.62 bits per heavy atom. The Bertz CT molecular complexity index is 967. The molecule has 0 aliphatic heterocycles. The van der Waals surface area contributed by atoms with Gasteiger partial charge in [-0.25, -0.2) is 0 Å². The van der Waals surface area contributed by atoms with Crippen LogP contribution in [0.25, 0.3) is 22.5 Å². The van der Waals surface area contributed by atoms with Crippen LogP contribution in [0.1, 0.15) is 48.7 Å². The van der Waals surface area contributed by atoms with Gasteiger partial charge in [-0.1, -0.05) is 43.3 Å². The van der Waals surface area contributed by atoms with Crippen LogP contribution in [0.15, 0.2) is 48.5 Å². The number of carbonyl (C=O) groups is 1. The molecule has 2 aromatic carbocycles. The molecule has 132 valence electrons. The smallest absolute Gasteiger partial charge is 0.251 e. The quantitative estimate of drug-likeness (QED) is 0.569. The number of benzene rings is 2. The minimum absolute atomic E-state index is 0.0388. The normalized spacial score (nSPS) is 12.6. The molecule has 0 radical (unpaired) electrons. The van der Waals surface area contributed by atoms with Gasteiger partial charge in [0, 0.05) is 34.2 Å². The molecule has 0 bridgehead atoms. The lowest BCUT2D eigenvalue weighted by molar-refractivity contribution is 0.0911. The van der Waals surface area contributed by atoms with Crippen molar-refractivity contribution in [1.29, 1.82) is 0 Å². The largest absolute Gasteiger partial charge is 0.347 e. The minimum atomic E-state index is -0.204. The average Bonchev–Trinajstić information content (AvgIpc) is 3.20. The Kier molecular flexibility index (Phi) is 3.91. The lowest BCUT2D eigenvalue weighted by atomic mass is 10.0. The molecule has 0 saturated carbocycles. The zero-order valence-electron chi connectivity index (χ0n) is 15.4. The number of aromatic nitrogens is 2. The summed E-state index contributed by atoms with van der Waals surface area (Å²) in [6.45, 7) is 6.13. The Hall–Kier alpha value is -2.88.